The fourth-order valence-electron chi connectivity index (χ4n) is 3.65. The highest BCUT2D eigenvalue weighted by Crippen LogP contribution is 2.34. The van der Waals surface area contributed by atoms with E-state index in [-0.39, 0.29) is 6.42 Å². The van der Waals surface area contributed by atoms with Crippen LogP contribution in [0.25, 0.3) is 0 Å². The summed E-state index contributed by atoms with van der Waals surface area (Å²) in [5, 5.41) is 27.6. The standard InChI is InChI=1S/C24H38O4/c1-4-5-6-7-8-9-10-11-14-21-17-16-20(3)22(21)15-12-13-19(2)18-24(27,28)23(25)26/h11-12,14,20,27-28H,4-10,15-18H2,1-3H3,(H,25,26)/b14-11+/t13?,20-/m0/s1. The van der Waals surface area contributed by atoms with Gasteiger partial charge in [0.1, 0.15) is 0 Å². The molecule has 0 spiro atoms. The van der Waals surface area contributed by atoms with E-state index in [0.717, 1.165) is 25.7 Å². The van der Waals surface area contributed by atoms with Crippen molar-refractivity contribution in [2.45, 2.75) is 97.2 Å². The number of rotatable bonds is 13. The Kier molecular flexibility index (Phi) is 11.1. The van der Waals surface area contributed by atoms with Gasteiger partial charge in [-0.3, -0.25) is 0 Å². The first-order valence-corrected chi connectivity index (χ1v) is 10.7. The molecule has 28 heavy (non-hydrogen) atoms. The van der Waals surface area contributed by atoms with Crippen LogP contribution in [0, 0.1) is 5.92 Å². The smallest absolute Gasteiger partial charge is 0.364 e. The average molecular weight is 391 g/mol. The fraction of sp³-hybridized carbons (Fsp3) is 0.667. The summed E-state index contributed by atoms with van der Waals surface area (Å²) in [6, 6.07) is 0. The molecule has 0 amide bonds. The molecule has 0 fully saturated rings. The Morgan fingerprint density at radius 1 is 1.21 bits per heavy atom. The van der Waals surface area contributed by atoms with Crippen LogP contribution in [0.3, 0.4) is 0 Å². The number of allylic oxidation sites excluding steroid dienone is 4. The monoisotopic (exact) mass is 390 g/mol. The van der Waals surface area contributed by atoms with Gasteiger partial charge in [0.15, 0.2) is 0 Å². The van der Waals surface area contributed by atoms with Crippen molar-refractivity contribution < 1.29 is 20.1 Å². The Bertz CT molecular complexity index is 619. The summed E-state index contributed by atoms with van der Waals surface area (Å²) in [6.45, 7) is 6.14. The van der Waals surface area contributed by atoms with Crippen molar-refractivity contribution in [3.05, 3.63) is 40.7 Å². The molecule has 4 nitrogen and oxygen atoms in total. The van der Waals surface area contributed by atoms with E-state index in [1.54, 1.807) is 6.92 Å². The largest absolute Gasteiger partial charge is 0.477 e. The lowest BCUT2D eigenvalue weighted by atomic mass is 9.99. The zero-order chi connectivity index (χ0) is 21.0. The molecule has 0 aromatic heterocycles. The van der Waals surface area contributed by atoms with Gasteiger partial charge < -0.3 is 15.3 Å². The minimum atomic E-state index is -2.73. The van der Waals surface area contributed by atoms with Gasteiger partial charge in [-0.25, -0.2) is 4.79 Å². The van der Waals surface area contributed by atoms with Crippen LogP contribution in [-0.2, 0) is 4.79 Å². The fourth-order valence-corrected chi connectivity index (χ4v) is 3.65. The summed E-state index contributed by atoms with van der Waals surface area (Å²) >= 11 is 0. The molecule has 3 N–H and O–H groups in total. The van der Waals surface area contributed by atoms with Crippen LogP contribution in [0.4, 0.5) is 0 Å². The van der Waals surface area contributed by atoms with E-state index in [9.17, 15) is 15.0 Å². The molecule has 0 aromatic rings. The summed E-state index contributed by atoms with van der Waals surface area (Å²) in [5.74, 6) is -3.82. The maximum Gasteiger partial charge on any atom is 0.364 e. The Hall–Kier alpha value is -1.61. The summed E-state index contributed by atoms with van der Waals surface area (Å²) < 4.78 is 0. The number of carboxylic acids is 1. The SMILES string of the molecule is CCCCCCCC/C=C/C1=C(CC=C=C(C)CC(O)(O)C(=O)O)[C@@H](C)CC1. The van der Waals surface area contributed by atoms with Gasteiger partial charge in [-0.15, -0.1) is 5.73 Å². The molecule has 0 aliphatic heterocycles. The molecular formula is C24H38O4. The van der Waals surface area contributed by atoms with E-state index < -0.39 is 11.8 Å². The van der Waals surface area contributed by atoms with Crippen molar-refractivity contribution in [1.29, 1.82) is 0 Å². The summed E-state index contributed by atoms with van der Waals surface area (Å²) in [6.07, 6.45) is 18.2. The first kappa shape index (κ1) is 24.4. The number of hydrogen-bond donors (Lipinski definition) is 3. The first-order chi connectivity index (χ1) is 13.3. The zero-order valence-corrected chi connectivity index (χ0v) is 17.8. The highest BCUT2D eigenvalue weighted by atomic mass is 16.5. The highest BCUT2D eigenvalue weighted by Gasteiger charge is 2.33. The molecule has 0 unspecified atom stereocenters. The lowest BCUT2D eigenvalue weighted by Gasteiger charge is -2.15. The zero-order valence-electron chi connectivity index (χ0n) is 17.8. The highest BCUT2D eigenvalue weighted by molar-refractivity contribution is 5.75. The minimum Gasteiger partial charge on any atom is -0.477 e. The maximum absolute atomic E-state index is 10.8. The van der Waals surface area contributed by atoms with E-state index in [0.29, 0.717) is 11.5 Å². The number of unbranched alkanes of at least 4 members (excludes halogenated alkanes) is 6. The van der Waals surface area contributed by atoms with Gasteiger partial charge in [-0.2, -0.15) is 0 Å². The Balaban J connectivity index is 2.57. The van der Waals surface area contributed by atoms with Crippen LogP contribution < -0.4 is 0 Å². The van der Waals surface area contributed by atoms with Gasteiger partial charge in [-0.05, 0) is 62.2 Å². The van der Waals surface area contributed by atoms with Gasteiger partial charge in [0.2, 0.25) is 0 Å². The third-order valence-corrected chi connectivity index (χ3v) is 5.42. The topological polar surface area (TPSA) is 77.8 Å². The number of hydrogen-bond acceptors (Lipinski definition) is 3. The molecule has 0 aromatic carbocycles. The third kappa shape index (κ3) is 9.05. The van der Waals surface area contributed by atoms with Crippen molar-refractivity contribution in [3.63, 3.8) is 0 Å². The van der Waals surface area contributed by atoms with Crippen molar-refractivity contribution in [2.75, 3.05) is 0 Å². The Morgan fingerprint density at radius 2 is 1.89 bits per heavy atom. The van der Waals surface area contributed by atoms with Gasteiger partial charge in [0.25, 0.3) is 5.79 Å². The molecule has 0 bridgehead atoms. The molecule has 1 atom stereocenters. The van der Waals surface area contributed by atoms with E-state index in [4.69, 9.17) is 5.11 Å². The third-order valence-electron chi connectivity index (χ3n) is 5.42. The normalized spacial score (nSPS) is 17.2. The molecule has 158 valence electrons. The van der Waals surface area contributed by atoms with Gasteiger partial charge in [0, 0.05) is 6.42 Å². The summed E-state index contributed by atoms with van der Waals surface area (Å²) in [5.41, 5.74) is 6.35. The Labute approximate surface area is 170 Å². The Morgan fingerprint density at radius 3 is 2.57 bits per heavy atom. The van der Waals surface area contributed by atoms with Gasteiger partial charge in [-0.1, -0.05) is 63.7 Å². The van der Waals surface area contributed by atoms with E-state index in [1.165, 1.54) is 49.7 Å². The van der Waals surface area contributed by atoms with E-state index in [1.807, 2.05) is 6.08 Å². The van der Waals surface area contributed by atoms with E-state index in [2.05, 4.69) is 31.7 Å². The first-order valence-electron chi connectivity index (χ1n) is 10.7. The molecule has 0 radical (unpaired) electrons. The summed E-state index contributed by atoms with van der Waals surface area (Å²) in [4.78, 5) is 10.8. The van der Waals surface area contributed by atoms with Crippen molar-refractivity contribution in [1.82, 2.24) is 0 Å². The lowest BCUT2D eigenvalue weighted by Crippen LogP contribution is -2.38. The molecule has 4 heteroatoms. The second kappa shape index (κ2) is 12.8. The van der Waals surface area contributed by atoms with Crippen LogP contribution in [-0.4, -0.2) is 27.1 Å². The lowest BCUT2D eigenvalue weighted by molar-refractivity contribution is -0.202. The molecular weight excluding hydrogens is 352 g/mol. The molecule has 0 saturated heterocycles. The molecule has 1 aliphatic rings. The minimum absolute atomic E-state index is 0.349. The quantitative estimate of drug-likeness (QED) is 0.215. The number of carbonyl (C=O) groups is 1. The molecule has 1 aliphatic carbocycles. The van der Waals surface area contributed by atoms with Crippen LogP contribution in [0.2, 0.25) is 0 Å². The predicted molar refractivity (Wildman–Crippen MR) is 114 cm³/mol. The number of aliphatic carboxylic acids is 1. The van der Waals surface area contributed by atoms with Crippen molar-refractivity contribution in [3.8, 4) is 0 Å². The summed E-state index contributed by atoms with van der Waals surface area (Å²) in [7, 11) is 0. The van der Waals surface area contributed by atoms with Crippen LogP contribution in [0.5, 0.6) is 0 Å². The molecule has 0 saturated carbocycles. The van der Waals surface area contributed by atoms with Gasteiger partial charge >= 0.3 is 5.97 Å². The maximum atomic E-state index is 10.8. The van der Waals surface area contributed by atoms with E-state index >= 15 is 0 Å². The van der Waals surface area contributed by atoms with Crippen LogP contribution in [0.1, 0.15) is 91.4 Å². The van der Waals surface area contributed by atoms with Crippen molar-refractivity contribution in [2.24, 2.45) is 5.92 Å². The van der Waals surface area contributed by atoms with Gasteiger partial charge in [0.05, 0.1) is 0 Å². The molecule has 0 heterocycles. The van der Waals surface area contributed by atoms with Crippen molar-refractivity contribution >= 4 is 5.97 Å². The van der Waals surface area contributed by atoms with Crippen LogP contribution >= 0.6 is 0 Å². The second-order valence-corrected chi connectivity index (χ2v) is 8.08. The second-order valence-electron chi connectivity index (χ2n) is 8.08. The average Bonchev–Trinajstić information content (AvgIpc) is 2.97. The predicted octanol–water partition coefficient (Wildman–Crippen LogP) is 5.67. The molecule has 1 rings (SSSR count). The van der Waals surface area contributed by atoms with Crippen LogP contribution in [0.15, 0.2) is 40.7 Å². The number of carboxylic acid groups (broad SMARTS) is 1. The number of aliphatic hydroxyl groups is 2.